The van der Waals surface area contributed by atoms with E-state index in [4.69, 9.17) is 4.74 Å². The average molecular weight is 194 g/mol. The van der Waals surface area contributed by atoms with Crippen LogP contribution in [0.2, 0.25) is 0 Å². The summed E-state index contributed by atoms with van der Waals surface area (Å²) in [6.07, 6.45) is 5.70. The van der Waals surface area contributed by atoms with Gasteiger partial charge in [-0.2, -0.15) is 0 Å². The van der Waals surface area contributed by atoms with Crippen molar-refractivity contribution in [3.8, 4) is 0 Å². The Bertz CT molecular complexity index is 342. The molecular weight excluding hydrogens is 180 g/mol. The molecule has 1 unspecified atom stereocenters. The first-order chi connectivity index (χ1) is 6.74. The van der Waals surface area contributed by atoms with E-state index in [0.717, 1.165) is 18.5 Å². The summed E-state index contributed by atoms with van der Waals surface area (Å²) < 4.78 is 6.70. The van der Waals surface area contributed by atoms with Crippen molar-refractivity contribution in [2.45, 2.75) is 18.8 Å². The highest BCUT2D eigenvalue weighted by Gasteiger charge is 2.39. The monoisotopic (exact) mass is 194 g/mol. The largest absolute Gasteiger partial charge is 0.468 e. The molecule has 0 aliphatic heterocycles. The van der Waals surface area contributed by atoms with Crippen molar-refractivity contribution in [2.24, 2.45) is 13.0 Å². The van der Waals surface area contributed by atoms with Crippen molar-refractivity contribution in [2.75, 3.05) is 7.11 Å². The minimum absolute atomic E-state index is 0.118. The van der Waals surface area contributed by atoms with E-state index >= 15 is 0 Å². The molecule has 0 amide bonds. The molecule has 2 rings (SSSR count). The number of methoxy groups -OCH3 is 1. The van der Waals surface area contributed by atoms with Gasteiger partial charge in [-0.15, -0.1) is 0 Å². The fourth-order valence-corrected chi connectivity index (χ4v) is 1.78. The van der Waals surface area contributed by atoms with E-state index in [1.807, 2.05) is 11.6 Å². The molecule has 1 fully saturated rings. The Morgan fingerprint density at radius 2 is 2.43 bits per heavy atom. The zero-order valence-corrected chi connectivity index (χ0v) is 8.43. The average Bonchev–Trinajstić information content (AvgIpc) is 2.92. The number of hydrogen-bond donors (Lipinski definition) is 0. The molecule has 1 heterocycles. The van der Waals surface area contributed by atoms with E-state index in [9.17, 15) is 4.79 Å². The molecule has 1 aromatic rings. The maximum Gasteiger partial charge on any atom is 0.315 e. The smallest absolute Gasteiger partial charge is 0.315 e. The number of nitrogens with zero attached hydrogens (tertiary/aromatic N) is 2. The molecule has 0 saturated heterocycles. The number of hydrogen-bond acceptors (Lipinski definition) is 3. The second-order valence-electron chi connectivity index (χ2n) is 3.77. The third-order valence-electron chi connectivity index (χ3n) is 2.72. The fraction of sp³-hybridized carbons (Fsp3) is 0.600. The fourth-order valence-electron chi connectivity index (χ4n) is 1.78. The Morgan fingerprint density at radius 1 is 1.71 bits per heavy atom. The van der Waals surface area contributed by atoms with E-state index in [1.54, 1.807) is 12.5 Å². The summed E-state index contributed by atoms with van der Waals surface area (Å²) >= 11 is 0. The van der Waals surface area contributed by atoms with Gasteiger partial charge in [0.15, 0.2) is 0 Å². The standard InChI is InChI=1S/C10H14N2O2/c1-12-6-11-5-8(12)9(7-3-4-7)10(13)14-2/h5-7,9H,3-4H2,1-2H3. The molecule has 0 bridgehead atoms. The summed E-state index contributed by atoms with van der Waals surface area (Å²) in [6, 6.07) is 0. The van der Waals surface area contributed by atoms with Crippen LogP contribution in [0.25, 0.3) is 0 Å². The van der Waals surface area contributed by atoms with Crippen LogP contribution >= 0.6 is 0 Å². The summed E-state index contributed by atoms with van der Waals surface area (Å²) in [4.78, 5) is 15.6. The second kappa shape index (κ2) is 3.44. The molecule has 1 aliphatic carbocycles. The Morgan fingerprint density at radius 3 is 2.86 bits per heavy atom. The topological polar surface area (TPSA) is 44.1 Å². The van der Waals surface area contributed by atoms with Gasteiger partial charge in [0.2, 0.25) is 0 Å². The van der Waals surface area contributed by atoms with E-state index in [0.29, 0.717) is 5.92 Å². The number of esters is 1. The number of imidazole rings is 1. The van der Waals surface area contributed by atoms with Gasteiger partial charge >= 0.3 is 5.97 Å². The van der Waals surface area contributed by atoms with Crippen LogP contribution in [-0.4, -0.2) is 22.6 Å². The highest BCUT2D eigenvalue weighted by molar-refractivity contribution is 5.78. The van der Waals surface area contributed by atoms with E-state index in [2.05, 4.69) is 4.98 Å². The zero-order valence-electron chi connectivity index (χ0n) is 8.43. The lowest BCUT2D eigenvalue weighted by Gasteiger charge is -2.13. The van der Waals surface area contributed by atoms with Gasteiger partial charge in [0, 0.05) is 13.2 Å². The summed E-state index contributed by atoms with van der Waals surface area (Å²) in [5.41, 5.74) is 0.958. The van der Waals surface area contributed by atoms with Gasteiger partial charge in [-0.1, -0.05) is 0 Å². The molecule has 14 heavy (non-hydrogen) atoms. The highest BCUT2D eigenvalue weighted by Crippen LogP contribution is 2.42. The summed E-state index contributed by atoms with van der Waals surface area (Å²) in [5, 5.41) is 0. The molecule has 76 valence electrons. The lowest BCUT2D eigenvalue weighted by molar-refractivity contribution is -0.143. The van der Waals surface area contributed by atoms with E-state index in [-0.39, 0.29) is 11.9 Å². The van der Waals surface area contributed by atoms with E-state index < -0.39 is 0 Å². The van der Waals surface area contributed by atoms with E-state index in [1.165, 1.54) is 7.11 Å². The number of aromatic nitrogens is 2. The molecule has 4 heteroatoms. The molecule has 4 nitrogen and oxygen atoms in total. The zero-order chi connectivity index (χ0) is 10.1. The Hall–Kier alpha value is -1.32. The van der Waals surface area contributed by atoms with Gasteiger partial charge in [-0.25, -0.2) is 4.98 Å². The molecule has 0 aromatic carbocycles. The first-order valence-corrected chi connectivity index (χ1v) is 4.78. The minimum atomic E-state index is -0.142. The molecular formula is C10H14N2O2. The Balaban J connectivity index is 2.26. The third kappa shape index (κ3) is 1.52. The summed E-state index contributed by atoms with van der Waals surface area (Å²) in [6.45, 7) is 0. The van der Waals surface area contributed by atoms with Crippen molar-refractivity contribution in [1.82, 2.24) is 9.55 Å². The lowest BCUT2D eigenvalue weighted by Crippen LogP contribution is -2.18. The maximum atomic E-state index is 11.6. The highest BCUT2D eigenvalue weighted by atomic mass is 16.5. The molecule has 1 aliphatic rings. The number of ether oxygens (including phenoxy) is 1. The van der Waals surface area contributed by atoms with Crippen LogP contribution in [0.4, 0.5) is 0 Å². The molecule has 1 aromatic heterocycles. The van der Waals surface area contributed by atoms with Crippen LogP contribution in [0.3, 0.4) is 0 Å². The van der Waals surface area contributed by atoms with Crippen LogP contribution < -0.4 is 0 Å². The van der Waals surface area contributed by atoms with Gasteiger partial charge in [-0.05, 0) is 18.8 Å². The van der Waals surface area contributed by atoms with Gasteiger partial charge < -0.3 is 9.30 Å². The molecule has 1 atom stereocenters. The SMILES string of the molecule is COC(=O)C(c1cncn1C)C1CC1. The Kier molecular flexibility index (Phi) is 2.27. The first-order valence-electron chi connectivity index (χ1n) is 4.78. The van der Waals surface area contributed by atoms with Gasteiger partial charge in [0.1, 0.15) is 5.92 Å². The number of carbonyl (C=O) groups is 1. The predicted octanol–water partition coefficient (Wildman–Crippen LogP) is 1.09. The number of rotatable bonds is 3. The first kappa shape index (κ1) is 9.24. The number of aryl methyl sites for hydroxylation is 1. The van der Waals surface area contributed by atoms with Crippen LogP contribution in [0.1, 0.15) is 24.5 Å². The predicted molar refractivity (Wildman–Crippen MR) is 50.7 cm³/mol. The van der Waals surface area contributed by atoms with Crippen molar-refractivity contribution < 1.29 is 9.53 Å². The van der Waals surface area contributed by atoms with Gasteiger partial charge in [0.25, 0.3) is 0 Å². The van der Waals surface area contributed by atoms with Gasteiger partial charge in [-0.3, -0.25) is 4.79 Å². The van der Waals surface area contributed by atoms with Crippen molar-refractivity contribution >= 4 is 5.97 Å². The van der Waals surface area contributed by atoms with Crippen molar-refractivity contribution in [1.29, 1.82) is 0 Å². The summed E-state index contributed by atoms with van der Waals surface area (Å²) in [7, 11) is 3.34. The minimum Gasteiger partial charge on any atom is -0.468 e. The number of carbonyl (C=O) groups excluding carboxylic acids is 1. The normalized spacial score (nSPS) is 17.9. The van der Waals surface area contributed by atoms with Crippen LogP contribution in [0.5, 0.6) is 0 Å². The molecule has 1 saturated carbocycles. The van der Waals surface area contributed by atoms with Crippen molar-refractivity contribution in [3.63, 3.8) is 0 Å². The third-order valence-corrected chi connectivity index (χ3v) is 2.72. The Labute approximate surface area is 82.9 Å². The summed E-state index contributed by atoms with van der Waals surface area (Å²) in [5.74, 6) is 0.196. The quantitative estimate of drug-likeness (QED) is 0.676. The van der Waals surface area contributed by atoms with Crippen LogP contribution in [0.15, 0.2) is 12.5 Å². The lowest BCUT2D eigenvalue weighted by atomic mass is 10.0. The molecule has 0 spiro atoms. The molecule has 0 N–H and O–H groups in total. The van der Waals surface area contributed by atoms with Gasteiger partial charge in [0.05, 0.1) is 19.1 Å². The maximum absolute atomic E-state index is 11.6. The van der Waals surface area contributed by atoms with Crippen LogP contribution in [0, 0.1) is 5.92 Å². The van der Waals surface area contributed by atoms with Crippen LogP contribution in [-0.2, 0) is 16.6 Å². The molecule has 0 radical (unpaired) electrons. The van der Waals surface area contributed by atoms with Crippen molar-refractivity contribution in [3.05, 3.63) is 18.2 Å². The second-order valence-corrected chi connectivity index (χ2v) is 3.77.